The van der Waals surface area contributed by atoms with Crippen LogP contribution in [0.1, 0.15) is 30.9 Å². The lowest BCUT2D eigenvalue weighted by Gasteiger charge is -2.42. The maximum Gasteiger partial charge on any atom is 0.414 e. The minimum Gasteiger partial charge on any atom is -0.480 e. The summed E-state index contributed by atoms with van der Waals surface area (Å²) in [6.45, 7) is 1.14. The lowest BCUT2D eigenvalue weighted by atomic mass is 9.83. The molecule has 38 heavy (non-hydrogen) atoms. The zero-order chi connectivity index (χ0) is 27.5. The number of hydrogen-bond donors (Lipinski definition) is 3. The van der Waals surface area contributed by atoms with Crippen LogP contribution in [0.5, 0.6) is 0 Å². The van der Waals surface area contributed by atoms with Gasteiger partial charge in [-0.3, -0.25) is 30.1 Å². The first-order chi connectivity index (χ1) is 18.3. The van der Waals surface area contributed by atoms with Crippen LogP contribution in [-0.2, 0) is 37.1 Å². The quantitative estimate of drug-likeness (QED) is 0.195. The smallest absolute Gasteiger partial charge is 0.414 e. The molecule has 0 bridgehead atoms. The standard InChI is InChI=1S/C26H28N4O8/c1-17(31)30-21(23(33)34)20(22(30)32)13-8-14-27-24(28-25(35)37-15-18-9-4-2-5-10-18)29-26(36)38-16-19-11-6-3-7-12-19/h2-7,9-12,20-21H,8,13-16H2,1H3,(H,33,34)(H2,27,28,29,35,36)/t20-,21+/m0/s1. The lowest BCUT2D eigenvalue weighted by molar-refractivity contribution is -0.176. The van der Waals surface area contributed by atoms with E-state index in [1.54, 1.807) is 48.5 Å². The van der Waals surface area contributed by atoms with Crippen molar-refractivity contribution in [1.82, 2.24) is 15.5 Å². The maximum atomic E-state index is 12.3. The molecule has 1 fully saturated rings. The number of guanidine groups is 1. The van der Waals surface area contributed by atoms with E-state index in [0.29, 0.717) is 0 Å². The predicted molar refractivity (Wildman–Crippen MR) is 134 cm³/mol. The number of carbonyl (C=O) groups excluding carboxylic acids is 4. The van der Waals surface area contributed by atoms with Crippen LogP contribution in [0.4, 0.5) is 9.59 Å². The maximum absolute atomic E-state index is 12.3. The molecule has 2 aromatic carbocycles. The molecule has 0 aliphatic carbocycles. The van der Waals surface area contributed by atoms with Gasteiger partial charge < -0.3 is 14.6 Å². The van der Waals surface area contributed by atoms with E-state index in [0.717, 1.165) is 23.0 Å². The molecule has 0 aromatic heterocycles. The number of benzene rings is 2. The predicted octanol–water partition coefficient (Wildman–Crippen LogP) is 2.43. The molecule has 1 heterocycles. The Bertz CT molecular complexity index is 1130. The number of aliphatic imine (C=N–C) groups is 1. The van der Waals surface area contributed by atoms with E-state index >= 15 is 0 Å². The van der Waals surface area contributed by atoms with Crippen LogP contribution in [0.25, 0.3) is 0 Å². The van der Waals surface area contributed by atoms with Crippen LogP contribution in [0.2, 0.25) is 0 Å². The number of alkyl carbamates (subject to hydrolysis) is 2. The number of imide groups is 1. The molecule has 200 valence electrons. The number of likely N-dealkylation sites (tertiary alicyclic amines) is 1. The number of carboxylic acids is 1. The lowest BCUT2D eigenvalue weighted by Crippen LogP contribution is -2.65. The summed E-state index contributed by atoms with van der Waals surface area (Å²) in [5, 5.41) is 14.1. The molecule has 3 rings (SSSR count). The Kier molecular flexibility index (Phi) is 9.92. The van der Waals surface area contributed by atoms with Crippen molar-refractivity contribution in [2.45, 2.75) is 39.0 Å². The summed E-state index contributed by atoms with van der Waals surface area (Å²) >= 11 is 0. The van der Waals surface area contributed by atoms with Gasteiger partial charge in [0.05, 0.1) is 5.92 Å². The monoisotopic (exact) mass is 524 g/mol. The van der Waals surface area contributed by atoms with Gasteiger partial charge in [0, 0.05) is 13.5 Å². The number of amides is 4. The van der Waals surface area contributed by atoms with E-state index in [2.05, 4.69) is 15.6 Å². The Morgan fingerprint density at radius 3 is 1.84 bits per heavy atom. The number of nitrogens with zero attached hydrogens (tertiary/aromatic N) is 2. The second-order valence-electron chi connectivity index (χ2n) is 8.36. The third-order valence-electron chi connectivity index (χ3n) is 5.62. The SMILES string of the molecule is CC(=O)N1C(=O)[C@@H](CCCN=C(NC(=O)OCc2ccccc2)NC(=O)OCc2ccccc2)[C@@H]1C(=O)O. The van der Waals surface area contributed by atoms with Crippen molar-refractivity contribution in [2.75, 3.05) is 6.54 Å². The van der Waals surface area contributed by atoms with E-state index in [9.17, 15) is 29.1 Å². The van der Waals surface area contributed by atoms with Gasteiger partial charge in [-0.1, -0.05) is 60.7 Å². The van der Waals surface area contributed by atoms with Gasteiger partial charge in [0.25, 0.3) is 0 Å². The van der Waals surface area contributed by atoms with Crippen molar-refractivity contribution >= 4 is 35.9 Å². The number of carboxylic acid groups (broad SMARTS) is 1. The van der Waals surface area contributed by atoms with Crippen LogP contribution in [0, 0.1) is 5.92 Å². The topological polar surface area (TPSA) is 164 Å². The number of hydrogen-bond acceptors (Lipinski definition) is 8. The summed E-state index contributed by atoms with van der Waals surface area (Å²) < 4.78 is 10.3. The summed E-state index contributed by atoms with van der Waals surface area (Å²) in [6, 6.07) is 16.7. The Labute approximate surface area is 218 Å². The number of rotatable bonds is 9. The van der Waals surface area contributed by atoms with Gasteiger partial charge in [-0.2, -0.15) is 0 Å². The summed E-state index contributed by atoms with van der Waals surface area (Å²) in [5.41, 5.74) is 1.52. The molecule has 0 spiro atoms. The second-order valence-corrected chi connectivity index (χ2v) is 8.36. The molecular formula is C26H28N4O8. The highest BCUT2D eigenvalue weighted by molar-refractivity contribution is 6.07. The van der Waals surface area contributed by atoms with Crippen molar-refractivity contribution in [3.05, 3.63) is 71.8 Å². The van der Waals surface area contributed by atoms with Gasteiger partial charge in [-0.05, 0) is 24.0 Å². The highest BCUT2D eigenvalue weighted by atomic mass is 16.6. The fourth-order valence-electron chi connectivity index (χ4n) is 3.79. The normalized spacial score (nSPS) is 16.0. The van der Waals surface area contributed by atoms with Crippen molar-refractivity contribution < 1.29 is 38.6 Å². The largest absolute Gasteiger partial charge is 0.480 e. The summed E-state index contributed by atoms with van der Waals surface area (Å²) in [4.78, 5) is 64.6. The van der Waals surface area contributed by atoms with Gasteiger partial charge in [0.2, 0.25) is 17.8 Å². The van der Waals surface area contributed by atoms with E-state index in [-0.39, 0.29) is 38.6 Å². The van der Waals surface area contributed by atoms with Crippen molar-refractivity contribution in [2.24, 2.45) is 10.9 Å². The first-order valence-electron chi connectivity index (χ1n) is 11.8. The van der Waals surface area contributed by atoms with E-state index in [4.69, 9.17) is 9.47 Å². The van der Waals surface area contributed by atoms with Crippen LogP contribution in [0.3, 0.4) is 0 Å². The van der Waals surface area contributed by atoms with Gasteiger partial charge >= 0.3 is 18.2 Å². The number of nitrogens with one attached hydrogen (secondary N) is 2. The average molecular weight is 525 g/mol. The zero-order valence-corrected chi connectivity index (χ0v) is 20.7. The van der Waals surface area contributed by atoms with Gasteiger partial charge in [-0.15, -0.1) is 0 Å². The summed E-state index contributed by atoms with van der Waals surface area (Å²) in [5.74, 6) is -3.54. The zero-order valence-electron chi connectivity index (χ0n) is 20.7. The third-order valence-corrected chi connectivity index (χ3v) is 5.62. The van der Waals surface area contributed by atoms with Gasteiger partial charge in [0.15, 0.2) is 0 Å². The van der Waals surface area contributed by atoms with Gasteiger partial charge in [-0.25, -0.2) is 14.4 Å². The second kappa shape index (κ2) is 13.5. The summed E-state index contributed by atoms with van der Waals surface area (Å²) in [6.07, 6.45) is -1.34. The van der Waals surface area contributed by atoms with Crippen LogP contribution >= 0.6 is 0 Å². The summed E-state index contributed by atoms with van der Waals surface area (Å²) in [7, 11) is 0. The van der Waals surface area contributed by atoms with Crippen molar-refractivity contribution in [3.63, 3.8) is 0 Å². The van der Waals surface area contributed by atoms with E-state index < -0.39 is 41.9 Å². The Morgan fingerprint density at radius 2 is 1.39 bits per heavy atom. The molecule has 1 saturated heterocycles. The first-order valence-corrected chi connectivity index (χ1v) is 11.8. The minimum atomic E-state index is -1.26. The number of β-lactam (4-membered cyclic amide) rings is 1. The molecule has 1 aliphatic rings. The molecule has 2 atom stereocenters. The average Bonchev–Trinajstić information content (AvgIpc) is 2.89. The molecule has 3 N–H and O–H groups in total. The number of carbonyl (C=O) groups is 5. The van der Waals surface area contributed by atoms with Crippen molar-refractivity contribution in [3.8, 4) is 0 Å². The highest BCUT2D eigenvalue weighted by Gasteiger charge is 2.53. The Hall–Kier alpha value is -4.74. The first kappa shape index (κ1) is 27.8. The van der Waals surface area contributed by atoms with Gasteiger partial charge in [0.1, 0.15) is 19.3 Å². The Morgan fingerprint density at radius 1 is 0.895 bits per heavy atom. The minimum absolute atomic E-state index is 0.00851. The molecule has 0 unspecified atom stereocenters. The molecule has 12 heteroatoms. The molecule has 1 aliphatic heterocycles. The van der Waals surface area contributed by atoms with E-state index in [1.807, 2.05) is 12.1 Å². The Balaban J connectivity index is 1.57. The molecule has 12 nitrogen and oxygen atoms in total. The van der Waals surface area contributed by atoms with Crippen LogP contribution < -0.4 is 10.6 Å². The number of ether oxygens (including phenoxy) is 2. The van der Waals surface area contributed by atoms with Crippen LogP contribution in [-0.4, -0.2) is 58.5 Å². The van der Waals surface area contributed by atoms with E-state index in [1.165, 1.54) is 0 Å². The molecule has 0 saturated carbocycles. The number of aliphatic carboxylic acids is 1. The highest BCUT2D eigenvalue weighted by Crippen LogP contribution is 2.31. The fourth-order valence-corrected chi connectivity index (χ4v) is 3.79. The molecule has 0 radical (unpaired) electrons. The van der Waals surface area contributed by atoms with Crippen molar-refractivity contribution in [1.29, 1.82) is 0 Å². The fraction of sp³-hybridized carbons (Fsp3) is 0.308. The molecule has 2 aromatic rings. The van der Waals surface area contributed by atoms with Crippen LogP contribution in [0.15, 0.2) is 65.7 Å². The molecule has 4 amide bonds. The molecular weight excluding hydrogens is 496 g/mol. The third kappa shape index (κ3) is 7.88.